The molecule has 0 bridgehead atoms. The molecule has 0 spiro atoms. The summed E-state index contributed by atoms with van der Waals surface area (Å²) in [6, 6.07) is 8.40. The Morgan fingerprint density at radius 1 is 1.20 bits per heavy atom. The Morgan fingerprint density at radius 2 is 1.87 bits per heavy atom. The van der Waals surface area contributed by atoms with Gasteiger partial charge in [0.25, 0.3) is 0 Å². The van der Waals surface area contributed by atoms with Gasteiger partial charge in [-0.25, -0.2) is 4.98 Å². The Morgan fingerprint density at radius 3 is 2.47 bits per heavy atom. The molecule has 0 radical (unpaired) electrons. The van der Waals surface area contributed by atoms with E-state index in [2.05, 4.69) is 36.2 Å². The Balaban J connectivity index is 2.48. The lowest BCUT2D eigenvalue weighted by Gasteiger charge is -2.00. The molecule has 78 valence electrons. The fourth-order valence-corrected chi connectivity index (χ4v) is 2.38. The van der Waals surface area contributed by atoms with Gasteiger partial charge in [0.05, 0.1) is 10.7 Å². The summed E-state index contributed by atoms with van der Waals surface area (Å²) in [5.74, 6) is 0. The van der Waals surface area contributed by atoms with Crippen molar-refractivity contribution < 1.29 is 0 Å². The minimum Gasteiger partial charge on any atom is -0.326 e. The van der Waals surface area contributed by atoms with Crippen molar-refractivity contribution in [2.24, 2.45) is 5.73 Å². The van der Waals surface area contributed by atoms with Gasteiger partial charge in [0.15, 0.2) is 0 Å². The zero-order valence-corrected chi connectivity index (χ0v) is 9.77. The van der Waals surface area contributed by atoms with Gasteiger partial charge in [0.1, 0.15) is 0 Å². The SMILES string of the molecule is Cc1ccc(-c2nc(C)sc2CN)cc1. The van der Waals surface area contributed by atoms with Crippen LogP contribution in [0.4, 0.5) is 0 Å². The van der Waals surface area contributed by atoms with Crippen LogP contribution in [0.3, 0.4) is 0 Å². The number of benzene rings is 1. The van der Waals surface area contributed by atoms with Crippen LogP contribution in [0.25, 0.3) is 11.3 Å². The highest BCUT2D eigenvalue weighted by Crippen LogP contribution is 2.27. The van der Waals surface area contributed by atoms with Crippen molar-refractivity contribution in [3.63, 3.8) is 0 Å². The van der Waals surface area contributed by atoms with E-state index >= 15 is 0 Å². The van der Waals surface area contributed by atoms with E-state index in [1.54, 1.807) is 11.3 Å². The van der Waals surface area contributed by atoms with Crippen molar-refractivity contribution in [3.05, 3.63) is 39.7 Å². The predicted octanol–water partition coefficient (Wildman–Crippen LogP) is 2.89. The maximum atomic E-state index is 5.70. The molecule has 0 fully saturated rings. The van der Waals surface area contributed by atoms with Crippen LogP contribution in [0.1, 0.15) is 15.4 Å². The molecule has 1 aromatic carbocycles. The minimum atomic E-state index is 0.564. The lowest BCUT2D eigenvalue weighted by atomic mass is 10.1. The van der Waals surface area contributed by atoms with Gasteiger partial charge >= 0.3 is 0 Å². The van der Waals surface area contributed by atoms with E-state index in [4.69, 9.17) is 5.73 Å². The normalized spacial score (nSPS) is 10.6. The smallest absolute Gasteiger partial charge is 0.0905 e. The van der Waals surface area contributed by atoms with Crippen LogP contribution >= 0.6 is 11.3 Å². The molecule has 0 aliphatic heterocycles. The van der Waals surface area contributed by atoms with Gasteiger partial charge in [0.2, 0.25) is 0 Å². The fourth-order valence-electron chi connectivity index (χ4n) is 1.54. The minimum absolute atomic E-state index is 0.564. The molecule has 1 aromatic heterocycles. The Hall–Kier alpha value is -1.19. The number of nitrogens with zero attached hydrogens (tertiary/aromatic N) is 1. The summed E-state index contributed by atoms with van der Waals surface area (Å²) in [6.45, 7) is 4.66. The number of aryl methyl sites for hydroxylation is 2. The first kappa shape index (κ1) is 10.3. The molecule has 0 aliphatic carbocycles. The molecule has 2 rings (SSSR count). The van der Waals surface area contributed by atoms with Crippen LogP contribution in [0.2, 0.25) is 0 Å². The first-order chi connectivity index (χ1) is 7.20. The largest absolute Gasteiger partial charge is 0.326 e. The van der Waals surface area contributed by atoms with Crippen molar-refractivity contribution in [3.8, 4) is 11.3 Å². The molecular formula is C12H14N2S. The zero-order valence-electron chi connectivity index (χ0n) is 8.95. The Kier molecular flexibility index (Phi) is 2.84. The molecule has 0 amide bonds. The van der Waals surface area contributed by atoms with Gasteiger partial charge in [-0.2, -0.15) is 0 Å². The molecule has 0 saturated heterocycles. The number of rotatable bonds is 2. The number of aromatic nitrogens is 1. The van der Waals surface area contributed by atoms with Crippen LogP contribution in [-0.2, 0) is 6.54 Å². The topological polar surface area (TPSA) is 38.9 Å². The van der Waals surface area contributed by atoms with Crippen molar-refractivity contribution >= 4 is 11.3 Å². The van der Waals surface area contributed by atoms with E-state index in [-0.39, 0.29) is 0 Å². The molecule has 3 heteroatoms. The first-order valence-electron chi connectivity index (χ1n) is 4.94. The highest BCUT2D eigenvalue weighted by Gasteiger charge is 2.09. The molecule has 0 aliphatic rings. The summed E-state index contributed by atoms with van der Waals surface area (Å²) < 4.78 is 0. The summed E-state index contributed by atoms with van der Waals surface area (Å²) >= 11 is 1.68. The van der Waals surface area contributed by atoms with Crippen LogP contribution in [0.15, 0.2) is 24.3 Å². The van der Waals surface area contributed by atoms with E-state index in [0.717, 1.165) is 21.1 Å². The van der Waals surface area contributed by atoms with E-state index in [0.29, 0.717) is 6.54 Å². The molecule has 0 saturated carbocycles. The Labute approximate surface area is 93.8 Å². The average molecular weight is 218 g/mol. The maximum absolute atomic E-state index is 5.70. The molecule has 2 nitrogen and oxygen atoms in total. The molecule has 2 N–H and O–H groups in total. The van der Waals surface area contributed by atoms with Crippen molar-refractivity contribution in [2.75, 3.05) is 0 Å². The van der Waals surface area contributed by atoms with Gasteiger partial charge in [-0.05, 0) is 13.8 Å². The van der Waals surface area contributed by atoms with E-state index < -0.39 is 0 Å². The fraction of sp³-hybridized carbons (Fsp3) is 0.250. The third kappa shape index (κ3) is 2.08. The molecular weight excluding hydrogens is 204 g/mol. The first-order valence-corrected chi connectivity index (χ1v) is 5.76. The Bertz CT molecular complexity index is 457. The third-order valence-corrected chi connectivity index (χ3v) is 3.31. The molecule has 2 aromatic rings. The molecule has 0 atom stereocenters. The maximum Gasteiger partial charge on any atom is 0.0905 e. The molecule has 0 unspecified atom stereocenters. The van der Waals surface area contributed by atoms with Crippen LogP contribution in [0.5, 0.6) is 0 Å². The van der Waals surface area contributed by atoms with E-state index in [1.807, 2.05) is 6.92 Å². The van der Waals surface area contributed by atoms with Crippen LogP contribution < -0.4 is 5.73 Å². The van der Waals surface area contributed by atoms with Gasteiger partial charge in [-0.15, -0.1) is 11.3 Å². The summed E-state index contributed by atoms with van der Waals surface area (Å²) in [7, 11) is 0. The highest BCUT2D eigenvalue weighted by molar-refractivity contribution is 7.12. The van der Waals surface area contributed by atoms with Gasteiger partial charge in [0, 0.05) is 17.0 Å². The van der Waals surface area contributed by atoms with E-state index in [9.17, 15) is 0 Å². The van der Waals surface area contributed by atoms with Gasteiger partial charge < -0.3 is 5.73 Å². The lowest BCUT2D eigenvalue weighted by molar-refractivity contribution is 1.10. The van der Waals surface area contributed by atoms with Crippen molar-refractivity contribution in [2.45, 2.75) is 20.4 Å². The average Bonchev–Trinajstić information content (AvgIpc) is 2.61. The number of hydrogen-bond acceptors (Lipinski definition) is 3. The van der Waals surface area contributed by atoms with Gasteiger partial charge in [-0.1, -0.05) is 29.8 Å². The van der Waals surface area contributed by atoms with Gasteiger partial charge in [-0.3, -0.25) is 0 Å². The molecule has 15 heavy (non-hydrogen) atoms. The zero-order chi connectivity index (χ0) is 10.8. The van der Waals surface area contributed by atoms with Crippen LogP contribution in [0, 0.1) is 13.8 Å². The standard InChI is InChI=1S/C12H14N2S/c1-8-3-5-10(6-4-8)12-11(7-13)15-9(2)14-12/h3-6H,7,13H2,1-2H3. The summed E-state index contributed by atoms with van der Waals surface area (Å²) in [5.41, 5.74) is 9.16. The monoisotopic (exact) mass is 218 g/mol. The van der Waals surface area contributed by atoms with Crippen LogP contribution in [-0.4, -0.2) is 4.98 Å². The summed E-state index contributed by atoms with van der Waals surface area (Å²) in [5, 5.41) is 1.08. The highest BCUT2D eigenvalue weighted by atomic mass is 32.1. The second-order valence-electron chi connectivity index (χ2n) is 3.57. The molecule has 1 heterocycles. The second kappa shape index (κ2) is 4.13. The number of thiazole rings is 1. The third-order valence-electron chi connectivity index (χ3n) is 2.31. The van der Waals surface area contributed by atoms with E-state index in [1.165, 1.54) is 5.56 Å². The lowest BCUT2D eigenvalue weighted by Crippen LogP contribution is -1.95. The van der Waals surface area contributed by atoms with Crippen molar-refractivity contribution in [1.82, 2.24) is 4.98 Å². The quantitative estimate of drug-likeness (QED) is 0.841. The number of nitrogens with two attached hydrogens (primary N) is 1. The number of hydrogen-bond donors (Lipinski definition) is 1. The predicted molar refractivity (Wildman–Crippen MR) is 64.9 cm³/mol. The summed E-state index contributed by atoms with van der Waals surface area (Å²) in [6.07, 6.45) is 0. The second-order valence-corrected chi connectivity index (χ2v) is 4.86. The van der Waals surface area contributed by atoms with Crippen molar-refractivity contribution in [1.29, 1.82) is 0 Å². The summed E-state index contributed by atoms with van der Waals surface area (Å²) in [4.78, 5) is 5.68.